The maximum atomic E-state index is 12.9. The van der Waals surface area contributed by atoms with Crippen molar-refractivity contribution in [2.24, 2.45) is 0 Å². The van der Waals surface area contributed by atoms with E-state index in [0.717, 1.165) is 11.0 Å². The lowest BCUT2D eigenvalue weighted by Gasteiger charge is -2.33. The molecule has 1 aromatic rings. The summed E-state index contributed by atoms with van der Waals surface area (Å²) in [6.45, 7) is 14.7. The zero-order valence-corrected chi connectivity index (χ0v) is 21.8. The van der Waals surface area contributed by atoms with Gasteiger partial charge in [-0.25, -0.2) is 4.79 Å². The van der Waals surface area contributed by atoms with Gasteiger partial charge >= 0.3 is 13.2 Å². The van der Waals surface area contributed by atoms with Crippen LogP contribution in [0.15, 0.2) is 18.2 Å². The van der Waals surface area contributed by atoms with E-state index in [1.54, 1.807) is 12.0 Å². The van der Waals surface area contributed by atoms with E-state index in [0.29, 0.717) is 31.7 Å². The minimum atomic E-state index is -0.518. The number of hydrogen-bond acceptors (Lipinski definition) is 6. The minimum absolute atomic E-state index is 0.0171. The normalized spacial score (nSPS) is 20.2. The number of methoxy groups -OCH3 is 1. The maximum absolute atomic E-state index is 12.9. The first-order chi connectivity index (χ1) is 15.7. The van der Waals surface area contributed by atoms with E-state index in [9.17, 15) is 9.59 Å². The van der Waals surface area contributed by atoms with Gasteiger partial charge in [0.1, 0.15) is 11.4 Å². The largest absolute Gasteiger partial charge is 0.496 e. The van der Waals surface area contributed by atoms with Crippen molar-refractivity contribution in [3.63, 3.8) is 0 Å². The first kappa shape index (κ1) is 26.4. The van der Waals surface area contributed by atoms with Crippen molar-refractivity contribution in [2.45, 2.75) is 90.6 Å². The molecule has 1 N–H and O–H groups in total. The molecular weight excluding hydrogens is 435 g/mol. The quantitative estimate of drug-likeness (QED) is 0.661. The van der Waals surface area contributed by atoms with Crippen LogP contribution in [0.2, 0.25) is 0 Å². The summed E-state index contributed by atoms with van der Waals surface area (Å²) in [4.78, 5) is 26.8. The highest BCUT2D eigenvalue weighted by atomic mass is 16.7. The van der Waals surface area contributed by atoms with Crippen molar-refractivity contribution in [2.75, 3.05) is 20.2 Å². The Morgan fingerprint density at radius 3 is 2.24 bits per heavy atom. The second-order valence-electron chi connectivity index (χ2n) is 11.1. The number of benzene rings is 1. The third-order valence-electron chi connectivity index (χ3n) is 6.69. The van der Waals surface area contributed by atoms with Gasteiger partial charge in [0.25, 0.3) is 0 Å². The molecular formula is C25H39BN2O6. The van der Waals surface area contributed by atoms with Crippen molar-refractivity contribution < 1.29 is 28.4 Å². The van der Waals surface area contributed by atoms with E-state index in [1.165, 1.54) is 0 Å². The van der Waals surface area contributed by atoms with Gasteiger partial charge in [-0.3, -0.25) is 4.79 Å². The number of nitrogens with one attached hydrogen (secondary N) is 1. The Hall–Kier alpha value is -2.26. The molecule has 0 saturated carbocycles. The summed E-state index contributed by atoms with van der Waals surface area (Å²) in [6.07, 6.45) is 1.26. The summed E-state index contributed by atoms with van der Waals surface area (Å²) in [5, 5.41) is 3.11. The molecule has 8 nitrogen and oxygen atoms in total. The zero-order chi connectivity index (χ0) is 25.3. The Labute approximate surface area is 203 Å². The highest BCUT2D eigenvalue weighted by Gasteiger charge is 2.51. The molecule has 1 aromatic carbocycles. The molecule has 0 atom stereocenters. The highest BCUT2D eigenvalue weighted by molar-refractivity contribution is 6.62. The number of nitrogens with zero attached hydrogens (tertiary/aromatic N) is 1. The molecule has 188 valence electrons. The van der Waals surface area contributed by atoms with Crippen LogP contribution >= 0.6 is 0 Å². The molecule has 2 fully saturated rings. The molecule has 2 heterocycles. The van der Waals surface area contributed by atoms with E-state index >= 15 is 0 Å². The van der Waals surface area contributed by atoms with Crippen LogP contribution in [0, 0.1) is 0 Å². The molecule has 9 heteroatoms. The Bertz CT molecular complexity index is 887. The van der Waals surface area contributed by atoms with Crippen LogP contribution in [0.4, 0.5) is 4.79 Å². The van der Waals surface area contributed by atoms with E-state index < -0.39 is 23.9 Å². The fraction of sp³-hybridized carbons (Fsp3) is 0.680. The summed E-state index contributed by atoms with van der Waals surface area (Å²) < 4.78 is 23.3. The molecule has 0 aliphatic carbocycles. The van der Waals surface area contributed by atoms with Gasteiger partial charge in [0, 0.05) is 24.7 Å². The molecule has 3 rings (SSSR count). The van der Waals surface area contributed by atoms with E-state index in [4.69, 9.17) is 18.8 Å². The Morgan fingerprint density at radius 1 is 1.12 bits per heavy atom. The average Bonchev–Trinajstić information content (AvgIpc) is 2.94. The molecule has 0 radical (unpaired) electrons. The zero-order valence-electron chi connectivity index (χ0n) is 21.8. The summed E-state index contributed by atoms with van der Waals surface area (Å²) >= 11 is 0. The molecule has 0 spiro atoms. The smallest absolute Gasteiger partial charge is 0.494 e. The Morgan fingerprint density at radius 2 is 1.71 bits per heavy atom. The number of amides is 2. The molecule has 0 bridgehead atoms. The summed E-state index contributed by atoms with van der Waals surface area (Å²) in [5.74, 6) is 0.565. The maximum Gasteiger partial charge on any atom is 0.494 e. The van der Waals surface area contributed by atoms with E-state index in [2.05, 4.69) is 5.32 Å². The van der Waals surface area contributed by atoms with Crippen molar-refractivity contribution in [1.82, 2.24) is 10.2 Å². The van der Waals surface area contributed by atoms with Crippen molar-refractivity contribution in [3.05, 3.63) is 23.8 Å². The van der Waals surface area contributed by atoms with E-state index in [-0.39, 0.29) is 24.5 Å². The molecule has 2 aliphatic heterocycles. The van der Waals surface area contributed by atoms with Gasteiger partial charge in [-0.2, -0.15) is 0 Å². The monoisotopic (exact) mass is 474 g/mol. The minimum Gasteiger partial charge on any atom is -0.496 e. The summed E-state index contributed by atoms with van der Waals surface area (Å²) in [7, 11) is 1.09. The molecule has 2 aliphatic rings. The van der Waals surface area contributed by atoms with Crippen LogP contribution in [-0.4, -0.2) is 67.1 Å². The number of carbonyl (C=O) groups is 2. The van der Waals surface area contributed by atoms with Crippen LogP contribution in [0.1, 0.15) is 66.9 Å². The molecule has 2 saturated heterocycles. The second-order valence-corrected chi connectivity index (χ2v) is 11.1. The van der Waals surface area contributed by atoms with Crippen LogP contribution < -0.4 is 15.5 Å². The van der Waals surface area contributed by atoms with Crippen molar-refractivity contribution in [3.8, 4) is 5.75 Å². The standard InChI is InChI=1S/C25H39BN2O6/c1-23(2,3)32-22(30)28-13-11-19(12-14-28)27-21(29)16-17-15-18(9-10-20(17)31-8)26-33-24(4,5)25(6,7)34-26/h9-10,15,19H,11-14,16H2,1-8H3,(H,27,29). The SMILES string of the molecule is COc1ccc(B2OC(C)(C)C(C)(C)O2)cc1CC(=O)NC1CCN(C(=O)OC(C)(C)C)CC1. The van der Waals surface area contributed by atoms with Crippen LogP contribution in [0.5, 0.6) is 5.75 Å². The lowest BCUT2D eigenvalue weighted by Crippen LogP contribution is -2.48. The van der Waals surface area contributed by atoms with Gasteiger partial charge in [0.05, 0.1) is 24.7 Å². The number of likely N-dealkylation sites (tertiary alicyclic amines) is 1. The van der Waals surface area contributed by atoms with Gasteiger partial charge in [-0.1, -0.05) is 12.1 Å². The number of ether oxygens (including phenoxy) is 2. The number of carbonyl (C=O) groups excluding carboxylic acids is 2. The second kappa shape index (κ2) is 9.78. The van der Waals surface area contributed by atoms with Gasteiger partial charge < -0.3 is 29.0 Å². The van der Waals surface area contributed by atoms with Gasteiger partial charge in [0.15, 0.2) is 0 Å². The van der Waals surface area contributed by atoms with Crippen LogP contribution in [-0.2, 0) is 25.3 Å². The lowest BCUT2D eigenvalue weighted by molar-refractivity contribution is -0.121. The number of hydrogen-bond donors (Lipinski definition) is 1. The first-order valence-electron chi connectivity index (χ1n) is 12.0. The van der Waals surface area contributed by atoms with Crippen molar-refractivity contribution >= 4 is 24.6 Å². The average molecular weight is 474 g/mol. The summed E-state index contributed by atoms with van der Waals surface area (Å²) in [6, 6.07) is 5.70. The van der Waals surface area contributed by atoms with Gasteiger partial charge in [-0.05, 0) is 72.8 Å². The predicted molar refractivity (Wildman–Crippen MR) is 131 cm³/mol. The molecule has 0 unspecified atom stereocenters. The lowest BCUT2D eigenvalue weighted by atomic mass is 9.78. The summed E-state index contributed by atoms with van der Waals surface area (Å²) in [5.41, 5.74) is 0.230. The third kappa shape index (κ3) is 6.24. The number of piperidine rings is 1. The fourth-order valence-electron chi connectivity index (χ4n) is 4.05. The predicted octanol–water partition coefficient (Wildman–Crippen LogP) is 3.05. The Balaban J connectivity index is 1.59. The van der Waals surface area contributed by atoms with Gasteiger partial charge in [-0.15, -0.1) is 0 Å². The molecule has 0 aromatic heterocycles. The molecule has 34 heavy (non-hydrogen) atoms. The van der Waals surface area contributed by atoms with Crippen LogP contribution in [0.3, 0.4) is 0 Å². The topological polar surface area (TPSA) is 86.3 Å². The van der Waals surface area contributed by atoms with Crippen LogP contribution in [0.25, 0.3) is 0 Å². The highest BCUT2D eigenvalue weighted by Crippen LogP contribution is 2.36. The third-order valence-corrected chi connectivity index (χ3v) is 6.69. The van der Waals surface area contributed by atoms with Gasteiger partial charge in [0.2, 0.25) is 5.91 Å². The first-order valence-corrected chi connectivity index (χ1v) is 12.0. The molecule has 2 amide bonds. The fourth-order valence-corrected chi connectivity index (χ4v) is 4.05. The van der Waals surface area contributed by atoms with E-state index in [1.807, 2.05) is 66.7 Å². The Kier molecular flexibility index (Phi) is 7.58. The van der Waals surface area contributed by atoms with Crippen molar-refractivity contribution in [1.29, 1.82) is 0 Å². The number of rotatable bonds is 5.